The summed E-state index contributed by atoms with van der Waals surface area (Å²) in [4.78, 5) is 20.9. The second-order valence-corrected chi connectivity index (χ2v) is 2.39. The van der Waals surface area contributed by atoms with E-state index in [-0.39, 0.29) is 17.0 Å². The first-order valence-corrected chi connectivity index (χ1v) is 3.75. The molecule has 1 aromatic carbocycles. The zero-order chi connectivity index (χ0) is 10.6. The van der Waals surface area contributed by atoms with Gasteiger partial charge in [0.15, 0.2) is 11.5 Å². The fraction of sp³-hybridized carbons (Fsp3) is 0.222. The molecule has 0 aliphatic rings. The fourth-order valence-electron chi connectivity index (χ4n) is 1.09. The number of methoxy groups -OCH3 is 2. The molecule has 1 rings (SSSR count). The Morgan fingerprint density at radius 3 is 2.43 bits per heavy atom. The Balaban J connectivity index is 3.43. The van der Waals surface area contributed by atoms with Crippen molar-refractivity contribution < 1.29 is 14.3 Å². The van der Waals surface area contributed by atoms with Gasteiger partial charge in [-0.15, -0.1) is 4.91 Å². The fourth-order valence-corrected chi connectivity index (χ4v) is 1.09. The van der Waals surface area contributed by atoms with E-state index in [4.69, 9.17) is 9.47 Å². The summed E-state index contributed by atoms with van der Waals surface area (Å²) in [5, 5.41) is 2.68. The van der Waals surface area contributed by atoms with E-state index in [2.05, 4.69) is 5.18 Å². The van der Waals surface area contributed by atoms with Crippen LogP contribution in [0.15, 0.2) is 17.3 Å². The maximum absolute atomic E-state index is 10.6. The molecular formula is C9H8NO4. The van der Waals surface area contributed by atoms with E-state index in [0.717, 1.165) is 0 Å². The van der Waals surface area contributed by atoms with Gasteiger partial charge in [-0.25, -0.2) is 0 Å². The van der Waals surface area contributed by atoms with Crippen LogP contribution >= 0.6 is 0 Å². The summed E-state index contributed by atoms with van der Waals surface area (Å²) in [6.07, 6.45) is 1.59. The van der Waals surface area contributed by atoms with Crippen molar-refractivity contribution in [1.29, 1.82) is 0 Å². The topological polar surface area (TPSA) is 65.0 Å². The van der Waals surface area contributed by atoms with E-state index in [0.29, 0.717) is 5.75 Å². The number of hydrogen-bond donors (Lipinski definition) is 0. The summed E-state index contributed by atoms with van der Waals surface area (Å²) in [5.74, 6) is 0.526. The summed E-state index contributed by atoms with van der Waals surface area (Å²) in [6, 6.07) is 2.87. The first-order valence-electron chi connectivity index (χ1n) is 3.75. The molecule has 0 heterocycles. The highest BCUT2D eigenvalue weighted by Gasteiger charge is 2.15. The molecule has 5 nitrogen and oxygen atoms in total. The van der Waals surface area contributed by atoms with Crippen LogP contribution in [0.4, 0.5) is 5.69 Å². The van der Waals surface area contributed by atoms with Crippen molar-refractivity contribution in [3.63, 3.8) is 0 Å². The maximum atomic E-state index is 10.6. The Hall–Kier alpha value is -1.91. The highest BCUT2D eigenvalue weighted by atomic mass is 16.5. The third kappa shape index (κ3) is 1.56. The van der Waals surface area contributed by atoms with E-state index in [1.807, 2.05) is 0 Å². The van der Waals surface area contributed by atoms with Crippen molar-refractivity contribution >= 4 is 12.0 Å². The van der Waals surface area contributed by atoms with Crippen LogP contribution in [0, 0.1) is 4.91 Å². The third-order valence-electron chi connectivity index (χ3n) is 1.72. The highest BCUT2D eigenvalue weighted by Crippen LogP contribution is 2.35. The molecule has 0 aliphatic heterocycles. The predicted molar refractivity (Wildman–Crippen MR) is 49.8 cm³/mol. The Bertz CT molecular complexity index is 362. The van der Waals surface area contributed by atoms with Gasteiger partial charge in [0.05, 0.1) is 14.2 Å². The van der Waals surface area contributed by atoms with Gasteiger partial charge in [-0.2, -0.15) is 0 Å². The smallest absolute Gasteiger partial charge is 0.239 e. The first kappa shape index (κ1) is 10.2. The van der Waals surface area contributed by atoms with E-state index < -0.39 is 0 Å². The van der Waals surface area contributed by atoms with Crippen molar-refractivity contribution in [3.8, 4) is 11.5 Å². The van der Waals surface area contributed by atoms with Crippen LogP contribution in [-0.2, 0) is 4.79 Å². The number of nitrogens with zero attached hydrogens (tertiary/aromatic N) is 1. The van der Waals surface area contributed by atoms with E-state index in [1.54, 1.807) is 6.29 Å². The Morgan fingerprint density at radius 2 is 2.00 bits per heavy atom. The Kier molecular flexibility index (Phi) is 3.17. The Morgan fingerprint density at radius 1 is 1.29 bits per heavy atom. The van der Waals surface area contributed by atoms with Gasteiger partial charge in [-0.05, 0) is 17.3 Å². The zero-order valence-electron chi connectivity index (χ0n) is 7.73. The first-order chi connectivity index (χ1) is 6.78. The van der Waals surface area contributed by atoms with Gasteiger partial charge in [0.25, 0.3) is 0 Å². The molecule has 0 amide bonds. The normalized spacial score (nSPS) is 9.29. The molecule has 0 bridgehead atoms. The van der Waals surface area contributed by atoms with Gasteiger partial charge in [-0.1, -0.05) is 0 Å². The average Bonchev–Trinajstić information content (AvgIpc) is 2.26. The molecule has 0 spiro atoms. The lowest BCUT2D eigenvalue weighted by Gasteiger charge is -2.09. The monoisotopic (exact) mass is 194 g/mol. The minimum Gasteiger partial charge on any atom is -0.493 e. The molecule has 0 aromatic heterocycles. The van der Waals surface area contributed by atoms with Gasteiger partial charge in [-0.3, -0.25) is 4.79 Å². The van der Waals surface area contributed by atoms with Crippen LogP contribution in [0.1, 0.15) is 5.56 Å². The lowest BCUT2D eigenvalue weighted by atomic mass is 10.1. The van der Waals surface area contributed by atoms with Crippen molar-refractivity contribution in [2.24, 2.45) is 5.18 Å². The SMILES string of the molecule is COc1ccc(N=O)c([C]=O)c1OC. The number of hydrogen-bond acceptors (Lipinski definition) is 5. The van der Waals surface area contributed by atoms with Crippen LogP contribution < -0.4 is 9.47 Å². The summed E-state index contributed by atoms with van der Waals surface area (Å²) in [5.41, 5.74) is -0.0421. The standard InChI is InChI=1S/C9H8NO4/c1-13-8-4-3-7(10-12)6(5-11)9(8)14-2/h3-4H,1-2H3. The molecule has 0 fully saturated rings. The van der Waals surface area contributed by atoms with Crippen LogP contribution in [-0.4, -0.2) is 20.5 Å². The number of rotatable bonds is 4. The maximum Gasteiger partial charge on any atom is 0.239 e. The second-order valence-electron chi connectivity index (χ2n) is 2.39. The molecule has 1 radical (unpaired) electrons. The quantitative estimate of drug-likeness (QED) is 0.682. The molecular weight excluding hydrogens is 186 g/mol. The van der Waals surface area contributed by atoms with Crippen molar-refractivity contribution in [2.75, 3.05) is 14.2 Å². The van der Waals surface area contributed by atoms with Gasteiger partial charge < -0.3 is 9.47 Å². The summed E-state index contributed by atoms with van der Waals surface area (Å²) >= 11 is 0. The van der Waals surface area contributed by atoms with Gasteiger partial charge in [0.2, 0.25) is 6.29 Å². The molecule has 0 aliphatic carbocycles. The molecule has 0 N–H and O–H groups in total. The number of ether oxygens (including phenoxy) is 2. The minimum atomic E-state index is -0.0261. The largest absolute Gasteiger partial charge is 0.493 e. The van der Waals surface area contributed by atoms with Crippen molar-refractivity contribution in [2.45, 2.75) is 0 Å². The molecule has 0 saturated carbocycles. The van der Waals surface area contributed by atoms with E-state index >= 15 is 0 Å². The molecule has 0 atom stereocenters. The number of carbonyl (C=O) groups excluding carboxylic acids is 1. The highest BCUT2D eigenvalue weighted by molar-refractivity contribution is 5.89. The lowest BCUT2D eigenvalue weighted by Crippen LogP contribution is -1.95. The molecule has 5 heteroatoms. The molecule has 0 unspecified atom stereocenters. The number of nitroso groups, excluding NO2 is 1. The summed E-state index contributed by atoms with van der Waals surface area (Å²) in [7, 11) is 2.80. The number of benzene rings is 1. The van der Waals surface area contributed by atoms with Crippen LogP contribution in [0.5, 0.6) is 11.5 Å². The lowest BCUT2D eigenvalue weighted by molar-refractivity contribution is 0.354. The zero-order valence-corrected chi connectivity index (χ0v) is 7.73. The predicted octanol–water partition coefficient (Wildman–Crippen LogP) is 1.56. The van der Waals surface area contributed by atoms with Crippen LogP contribution in [0.25, 0.3) is 0 Å². The molecule has 0 saturated heterocycles. The van der Waals surface area contributed by atoms with Gasteiger partial charge in [0.1, 0.15) is 11.3 Å². The molecule has 14 heavy (non-hydrogen) atoms. The minimum absolute atomic E-state index is 0.0161. The molecule has 1 aromatic rings. The van der Waals surface area contributed by atoms with Gasteiger partial charge >= 0.3 is 0 Å². The van der Waals surface area contributed by atoms with Crippen LogP contribution in [0.2, 0.25) is 0 Å². The molecule has 73 valence electrons. The summed E-state index contributed by atoms with van der Waals surface area (Å²) < 4.78 is 9.84. The van der Waals surface area contributed by atoms with Crippen LogP contribution in [0.3, 0.4) is 0 Å². The van der Waals surface area contributed by atoms with Crippen molar-refractivity contribution in [1.82, 2.24) is 0 Å². The Labute approximate surface area is 80.6 Å². The summed E-state index contributed by atoms with van der Waals surface area (Å²) in [6.45, 7) is 0. The van der Waals surface area contributed by atoms with Gasteiger partial charge in [0, 0.05) is 0 Å². The second kappa shape index (κ2) is 4.36. The average molecular weight is 194 g/mol. The van der Waals surface area contributed by atoms with E-state index in [1.165, 1.54) is 26.4 Å². The van der Waals surface area contributed by atoms with E-state index in [9.17, 15) is 9.70 Å². The van der Waals surface area contributed by atoms with Crippen molar-refractivity contribution in [3.05, 3.63) is 22.6 Å². The third-order valence-corrected chi connectivity index (χ3v) is 1.72.